The zero-order valence-electron chi connectivity index (χ0n) is 10.5. The fourth-order valence-corrected chi connectivity index (χ4v) is 1.71. The first-order valence-electron chi connectivity index (χ1n) is 5.96. The van der Waals surface area contributed by atoms with Crippen LogP contribution in [0.3, 0.4) is 0 Å². The number of ether oxygens (including phenoxy) is 1. The third-order valence-electron chi connectivity index (χ3n) is 2.73. The van der Waals surface area contributed by atoms with Crippen LogP contribution >= 0.6 is 0 Å². The molecule has 0 bridgehead atoms. The molecule has 0 atom stereocenters. The van der Waals surface area contributed by atoms with Gasteiger partial charge in [-0.3, -0.25) is 4.79 Å². The molecule has 0 fully saturated rings. The summed E-state index contributed by atoms with van der Waals surface area (Å²) in [6, 6.07) is 14.7. The van der Waals surface area contributed by atoms with Gasteiger partial charge in [-0.05, 0) is 35.4 Å². The van der Waals surface area contributed by atoms with Crippen LogP contribution in [-0.2, 0) is 18.0 Å². The first-order valence-corrected chi connectivity index (χ1v) is 5.96. The van der Waals surface area contributed by atoms with Crippen molar-refractivity contribution in [1.82, 2.24) is 0 Å². The maximum Gasteiger partial charge on any atom is 0.248 e. The minimum atomic E-state index is -0.430. The summed E-state index contributed by atoms with van der Waals surface area (Å²) < 4.78 is 5.59. The third-order valence-corrected chi connectivity index (χ3v) is 2.73. The summed E-state index contributed by atoms with van der Waals surface area (Å²) in [7, 11) is 0. The fraction of sp³-hybridized carbons (Fsp3) is 0.133. The number of benzene rings is 2. The Kier molecular flexibility index (Phi) is 4.15. The molecular weight excluding hydrogens is 240 g/mol. The molecule has 19 heavy (non-hydrogen) atoms. The normalized spacial score (nSPS) is 10.3. The Morgan fingerprint density at radius 1 is 1.00 bits per heavy atom. The van der Waals surface area contributed by atoms with E-state index in [0.717, 1.165) is 16.8 Å². The summed E-state index contributed by atoms with van der Waals surface area (Å²) in [6.07, 6.45) is 0. The minimum Gasteiger partial charge on any atom is -0.399 e. The van der Waals surface area contributed by atoms with Gasteiger partial charge in [0.25, 0.3) is 0 Å². The Balaban J connectivity index is 1.90. The van der Waals surface area contributed by atoms with Crippen molar-refractivity contribution < 1.29 is 9.53 Å². The van der Waals surface area contributed by atoms with E-state index in [-0.39, 0.29) is 0 Å². The number of amides is 1. The van der Waals surface area contributed by atoms with E-state index in [0.29, 0.717) is 18.8 Å². The van der Waals surface area contributed by atoms with Gasteiger partial charge in [-0.25, -0.2) is 0 Å². The number of rotatable bonds is 5. The number of hydrogen-bond donors (Lipinski definition) is 2. The van der Waals surface area contributed by atoms with E-state index in [1.807, 2.05) is 30.3 Å². The highest BCUT2D eigenvalue weighted by Crippen LogP contribution is 2.10. The van der Waals surface area contributed by atoms with E-state index in [1.54, 1.807) is 18.2 Å². The lowest BCUT2D eigenvalue weighted by Crippen LogP contribution is -2.11. The monoisotopic (exact) mass is 256 g/mol. The van der Waals surface area contributed by atoms with Crippen molar-refractivity contribution in [3.05, 3.63) is 65.2 Å². The Hall–Kier alpha value is -2.33. The molecule has 0 radical (unpaired) electrons. The lowest BCUT2D eigenvalue weighted by atomic mass is 10.1. The summed E-state index contributed by atoms with van der Waals surface area (Å²) in [5.74, 6) is -0.430. The van der Waals surface area contributed by atoms with Crippen LogP contribution in [0.2, 0.25) is 0 Å². The van der Waals surface area contributed by atoms with E-state index in [4.69, 9.17) is 16.2 Å². The molecule has 0 aliphatic heterocycles. The molecular formula is C15H16N2O2. The molecule has 0 spiro atoms. The number of primary amides is 1. The Bertz CT molecular complexity index is 565. The highest BCUT2D eigenvalue weighted by atomic mass is 16.5. The van der Waals surface area contributed by atoms with Gasteiger partial charge < -0.3 is 16.2 Å². The SMILES string of the molecule is NC(=O)c1cccc(COCc2ccc(N)cc2)c1. The van der Waals surface area contributed by atoms with E-state index in [9.17, 15) is 4.79 Å². The summed E-state index contributed by atoms with van der Waals surface area (Å²) in [5.41, 5.74) is 14.0. The van der Waals surface area contributed by atoms with Gasteiger partial charge in [0.2, 0.25) is 5.91 Å². The first kappa shape index (κ1) is 13.1. The second-order valence-corrected chi connectivity index (χ2v) is 4.30. The molecule has 98 valence electrons. The van der Waals surface area contributed by atoms with Gasteiger partial charge in [-0.2, -0.15) is 0 Å². The molecule has 2 aromatic carbocycles. The van der Waals surface area contributed by atoms with Crippen molar-refractivity contribution in [1.29, 1.82) is 0 Å². The summed E-state index contributed by atoms with van der Waals surface area (Å²) >= 11 is 0. The number of nitrogen functional groups attached to an aromatic ring is 1. The summed E-state index contributed by atoms with van der Waals surface area (Å²) in [6.45, 7) is 0.937. The Morgan fingerprint density at radius 3 is 2.37 bits per heavy atom. The predicted octanol–water partition coefficient (Wildman–Crippen LogP) is 2.08. The summed E-state index contributed by atoms with van der Waals surface area (Å²) in [4.78, 5) is 11.0. The number of carbonyl (C=O) groups excluding carboxylic acids is 1. The zero-order chi connectivity index (χ0) is 13.7. The zero-order valence-corrected chi connectivity index (χ0v) is 10.5. The second-order valence-electron chi connectivity index (χ2n) is 4.30. The van der Waals surface area contributed by atoms with Crippen molar-refractivity contribution in [2.45, 2.75) is 13.2 Å². The van der Waals surface area contributed by atoms with Crippen LogP contribution in [0, 0.1) is 0 Å². The average Bonchev–Trinajstić information content (AvgIpc) is 2.41. The molecule has 0 unspecified atom stereocenters. The van der Waals surface area contributed by atoms with E-state index in [1.165, 1.54) is 0 Å². The molecule has 0 saturated carbocycles. The standard InChI is InChI=1S/C15H16N2O2/c16-14-6-4-11(5-7-14)9-19-10-12-2-1-3-13(8-12)15(17)18/h1-8H,9-10,16H2,(H2,17,18). The van der Waals surface area contributed by atoms with Crippen LogP contribution in [0.25, 0.3) is 0 Å². The van der Waals surface area contributed by atoms with Crippen LogP contribution in [0.4, 0.5) is 5.69 Å². The lowest BCUT2D eigenvalue weighted by Gasteiger charge is -2.06. The van der Waals surface area contributed by atoms with Gasteiger partial charge in [-0.15, -0.1) is 0 Å². The molecule has 4 nitrogen and oxygen atoms in total. The van der Waals surface area contributed by atoms with Gasteiger partial charge in [0.05, 0.1) is 13.2 Å². The van der Waals surface area contributed by atoms with Gasteiger partial charge in [0, 0.05) is 11.3 Å². The molecule has 1 amide bonds. The van der Waals surface area contributed by atoms with Gasteiger partial charge >= 0.3 is 0 Å². The fourth-order valence-electron chi connectivity index (χ4n) is 1.71. The van der Waals surface area contributed by atoms with Crippen molar-refractivity contribution in [2.24, 2.45) is 5.73 Å². The number of nitrogens with two attached hydrogens (primary N) is 2. The van der Waals surface area contributed by atoms with Crippen LogP contribution < -0.4 is 11.5 Å². The summed E-state index contributed by atoms with van der Waals surface area (Å²) in [5, 5.41) is 0. The molecule has 4 N–H and O–H groups in total. The van der Waals surface area contributed by atoms with Crippen molar-refractivity contribution in [3.8, 4) is 0 Å². The molecule has 0 saturated heterocycles. The first-order chi connectivity index (χ1) is 9.15. The highest BCUT2D eigenvalue weighted by Gasteiger charge is 2.01. The van der Waals surface area contributed by atoms with Crippen molar-refractivity contribution >= 4 is 11.6 Å². The highest BCUT2D eigenvalue weighted by molar-refractivity contribution is 5.92. The molecule has 2 aromatic rings. The average molecular weight is 256 g/mol. The molecule has 0 aliphatic carbocycles. The van der Waals surface area contributed by atoms with Crippen LogP contribution in [0.1, 0.15) is 21.5 Å². The Morgan fingerprint density at radius 2 is 1.68 bits per heavy atom. The van der Waals surface area contributed by atoms with Crippen LogP contribution in [0.5, 0.6) is 0 Å². The Labute approximate surface area is 112 Å². The number of carbonyl (C=O) groups is 1. The van der Waals surface area contributed by atoms with Gasteiger partial charge in [-0.1, -0.05) is 24.3 Å². The van der Waals surface area contributed by atoms with E-state index in [2.05, 4.69) is 0 Å². The largest absolute Gasteiger partial charge is 0.399 e. The molecule has 2 rings (SSSR count). The molecule has 0 aromatic heterocycles. The smallest absolute Gasteiger partial charge is 0.248 e. The topological polar surface area (TPSA) is 78.3 Å². The van der Waals surface area contributed by atoms with Crippen molar-refractivity contribution in [3.63, 3.8) is 0 Å². The van der Waals surface area contributed by atoms with E-state index < -0.39 is 5.91 Å². The molecule has 0 aliphatic rings. The van der Waals surface area contributed by atoms with Crippen LogP contribution in [-0.4, -0.2) is 5.91 Å². The third kappa shape index (κ3) is 3.82. The second kappa shape index (κ2) is 6.02. The number of anilines is 1. The number of hydrogen-bond acceptors (Lipinski definition) is 3. The lowest BCUT2D eigenvalue weighted by molar-refractivity contribution is 0.0997. The predicted molar refractivity (Wildman–Crippen MR) is 74.3 cm³/mol. The van der Waals surface area contributed by atoms with Gasteiger partial charge in [0.1, 0.15) is 0 Å². The van der Waals surface area contributed by atoms with E-state index >= 15 is 0 Å². The van der Waals surface area contributed by atoms with Crippen molar-refractivity contribution in [2.75, 3.05) is 5.73 Å². The van der Waals surface area contributed by atoms with Crippen LogP contribution in [0.15, 0.2) is 48.5 Å². The quantitative estimate of drug-likeness (QED) is 0.804. The maximum absolute atomic E-state index is 11.0. The minimum absolute atomic E-state index is 0.430. The van der Waals surface area contributed by atoms with Gasteiger partial charge in [0.15, 0.2) is 0 Å². The maximum atomic E-state index is 11.0. The molecule has 4 heteroatoms. The molecule has 0 heterocycles.